The molecule has 3 aliphatic heterocycles. The maximum atomic E-state index is 10.1. The molecule has 1 saturated heterocycles. The smallest absolute Gasteiger partial charge is 0.150 e. The summed E-state index contributed by atoms with van der Waals surface area (Å²) in [7, 11) is 0. The second kappa shape index (κ2) is 9.43. The van der Waals surface area contributed by atoms with Crippen molar-refractivity contribution in [3.63, 3.8) is 0 Å². The maximum Gasteiger partial charge on any atom is 0.150 e. The lowest BCUT2D eigenvalue weighted by atomic mass is 9.84. The second-order valence-corrected chi connectivity index (χ2v) is 9.82. The molecule has 3 heterocycles. The molecule has 6 nitrogen and oxygen atoms in total. The zero-order chi connectivity index (χ0) is 24.6. The Morgan fingerprint density at radius 2 is 1.61 bits per heavy atom. The minimum absolute atomic E-state index is 0.168. The third kappa shape index (κ3) is 4.26. The number of nitrogens with zero attached hydrogens (tertiary/aromatic N) is 1. The van der Waals surface area contributed by atoms with Crippen LogP contribution in [0, 0.1) is 0 Å². The van der Waals surface area contributed by atoms with Gasteiger partial charge in [0.05, 0.1) is 6.61 Å². The number of aromatic hydroxyl groups is 2. The van der Waals surface area contributed by atoms with Crippen LogP contribution in [-0.4, -0.2) is 47.5 Å². The number of likely N-dealkylation sites (tertiary alicyclic amines) is 1. The van der Waals surface area contributed by atoms with E-state index < -0.39 is 6.10 Å². The van der Waals surface area contributed by atoms with E-state index in [4.69, 9.17) is 14.2 Å². The Hall–Kier alpha value is -3.64. The van der Waals surface area contributed by atoms with E-state index in [1.54, 1.807) is 24.3 Å². The standard InChI is InChI=1S/C30H31NO5/c1-19(31-13-2-3-14-31)18-35-23-8-4-20(5-9-23)30-29-25(24-10-6-22(33)17-28(24)36-30)12-15-34-27-16-21(32)7-11-26(27)29/h4-11,16-17,19,30,32-33H,2-3,12-15,18H2,1H3. The summed E-state index contributed by atoms with van der Waals surface area (Å²) in [6, 6.07) is 19.0. The van der Waals surface area contributed by atoms with Crippen LogP contribution in [0.1, 0.15) is 49.0 Å². The van der Waals surface area contributed by atoms with Crippen LogP contribution in [0.5, 0.6) is 28.7 Å². The number of fused-ring (bicyclic) bond motifs is 4. The first kappa shape index (κ1) is 22.8. The Bertz CT molecular complexity index is 1290. The fourth-order valence-corrected chi connectivity index (χ4v) is 5.51. The summed E-state index contributed by atoms with van der Waals surface area (Å²) in [6.45, 7) is 5.68. The molecule has 3 aromatic rings. The molecule has 2 unspecified atom stereocenters. The van der Waals surface area contributed by atoms with Crippen molar-refractivity contribution < 1.29 is 24.4 Å². The van der Waals surface area contributed by atoms with Crippen LogP contribution in [0.3, 0.4) is 0 Å². The number of phenols is 2. The molecule has 2 N–H and O–H groups in total. The molecule has 0 spiro atoms. The van der Waals surface area contributed by atoms with E-state index in [-0.39, 0.29) is 11.5 Å². The quantitative estimate of drug-likeness (QED) is 0.477. The highest BCUT2D eigenvalue weighted by Gasteiger charge is 2.34. The molecule has 2 atom stereocenters. The lowest BCUT2D eigenvalue weighted by molar-refractivity contribution is 0.172. The number of benzene rings is 3. The van der Waals surface area contributed by atoms with Gasteiger partial charge >= 0.3 is 0 Å². The molecule has 6 heteroatoms. The fraction of sp³-hybridized carbons (Fsp3) is 0.333. The number of ether oxygens (including phenoxy) is 3. The molecular weight excluding hydrogens is 454 g/mol. The van der Waals surface area contributed by atoms with Gasteiger partial charge in [0.15, 0.2) is 0 Å². The van der Waals surface area contributed by atoms with Crippen LogP contribution in [0.15, 0.2) is 60.7 Å². The van der Waals surface area contributed by atoms with Gasteiger partial charge in [-0.3, -0.25) is 4.90 Å². The Balaban J connectivity index is 1.34. The van der Waals surface area contributed by atoms with E-state index >= 15 is 0 Å². The Kier molecular flexibility index (Phi) is 5.97. The molecule has 36 heavy (non-hydrogen) atoms. The summed E-state index contributed by atoms with van der Waals surface area (Å²) >= 11 is 0. The van der Waals surface area contributed by atoms with Crippen LogP contribution in [0.25, 0.3) is 11.1 Å². The molecule has 3 aromatic carbocycles. The molecule has 3 aliphatic rings. The van der Waals surface area contributed by atoms with E-state index in [0.717, 1.165) is 46.7 Å². The van der Waals surface area contributed by atoms with Crippen molar-refractivity contribution in [1.29, 1.82) is 0 Å². The number of hydrogen-bond acceptors (Lipinski definition) is 6. The van der Waals surface area contributed by atoms with Crippen molar-refractivity contribution in [3.8, 4) is 28.7 Å². The van der Waals surface area contributed by atoms with Crippen molar-refractivity contribution in [1.82, 2.24) is 4.90 Å². The fourth-order valence-electron chi connectivity index (χ4n) is 5.51. The first-order chi connectivity index (χ1) is 17.6. The summed E-state index contributed by atoms with van der Waals surface area (Å²) < 4.78 is 18.7. The topological polar surface area (TPSA) is 71.4 Å². The van der Waals surface area contributed by atoms with E-state index in [2.05, 4.69) is 11.8 Å². The number of rotatable bonds is 5. The Morgan fingerprint density at radius 3 is 2.36 bits per heavy atom. The van der Waals surface area contributed by atoms with Gasteiger partial charge in [-0.25, -0.2) is 0 Å². The highest BCUT2D eigenvalue weighted by molar-refractivity contribution is 5.98. The summed E-state index contributed by atoms with van der Waals surface area (Å²) in [5, 5.41) is 20.2. The second-order valence-electron chi connectivity index (χ2n) is 9.82. The summed E-state index contributed by atoms with van der Waals surface area (Å²) in [5.74, 6) is 2.47. The maximum absolute atomic E-state index is 10.1. The average Bonchev–Trinajstić information content (AvgIpc) is 3.36. The lowest BCUT2D eigenvalue weighted by Crippen LogP contribution is -2.34. The lowest BCUT2D eigenvalue weighted by Gasteiger charge is -2.31. The van der Waals surface area contributed by atoms with Crippen LogP contribution in [0.4, 0.5) is 0 Å². The Morgan fingerprint density at radius 1 is 0.917 bits per heavy atom. The molecular formula is C30H31NO5. The zero-order valence-corrected chi connectivity index (χ0v) is 20.4. The van der Waals surface area contributed by atoms with E-state index in [9.17, 15) is 10.2 Å². The Labute approximate surface area is 211 Å². The van der Waals surface area contributed by atoms with E-state index in [0.29, 0.717) is 37.2 Å². The molecule has 1 fully saturated rings. The van der Waals surface area contributed by atoms with Crippen molar-refractivity contribution in [2.45, 2.75) is 38.3 Å². The van der Waals surface area contributed by atoms with Gasteiger partial charge in [0, 0.05) is 41.3 Å². The van der Waals surface area contributed by atoms with Gasteiger partial charge in [0.1, 0.15) is 41.5 Å². The van der Waals surface area contributed by atoms with Crippen LogP contribution in [-0.2, 0) is 0 Å². The molecule has 0 saturated carbocycles. The predicted molar refractivity (Wildman–Crippen MR) is 139 cm³/mol. The molecule has 0 amide bonds. The zero-order valence-electron chi connectivity index (χ0n) is 20.4. The van der Waals surface area contributed by atoms with Gasteiger partial charge in [0.25, 0.3) is 0 Å². The molecule has 0 aliphatic carbocycles. The largest absolute Gasteiger partial charge is 0.508 e. The molecule has 0 radical (unpaired) electrons. The summed E-state index contributed by atoms with van der Waals surface area (Å²) in [6.07, 6.45) is 2.84. The molecule has 186 valence electrons. The highest BCUT2D eigenvalue weighted by atomic mass is 16.5. The number of hydrogen-bond donors (Lipinski definition) is 2. The molecule has 6 rings (SSSR count). The van der Waals surface area contributed by atoms with Gasteiger partial charge in [0.2, 0.25) is 0 Å². The van der Waals surface area contributed by atoms with E-state index in [1.165, 1.54) is 12.8 Å². The minimum Gasteiger partial charge on any atom is -0.508 e. The van der Waals surface area contributed by atoms with Crippen LogP contribution < -0.4 is 14.2 Å². The van der Waals surface area contributed by atoms with Crippen molar-refractivity contribution in [3.05, 3.63) is 77.4 Å². The van der Waals surface area contributed by atoms with Gasteiger partial charge in [-0.05, 0) is 80.4 Å². The molecule has 0 bridgehead atoms. The minimum atomic E-state index is -0.392. The van der Waals surface area contributed by atoms with Crippen LogP contribution >= 0.6 is 0 Å². The van der Waals surface area contributed by atoms with Crippen molar-refractivity contribution in [2.75, 3.05) is 26.3 Å². The first-order valence-electron chi connectivity index (χ1n) is 12.7. The third-order valence-electron chi connectivity index (χ3n) is 7.43. The normalized spacial score (nSPS) is 19.9. The summed E-state index contributed by atoms with van der Waals surface area (Å²) in [5.41, 5.74) is 5.00. The summed E-state index contributed by atoms with van der Waals surface area (Å²) in [4.78, 5) is 2.48. The van der Waals surface area contributed by atoms with Crippen molar-refractivity contribution in [2.24, 2.45) is 0 Å². The van der Waals surface area contributed by atoms with Gasteiger partial charge in [-0.2, -0.15) is 0 Å². The van der Waals surface area contributed by atoms with Gasteiger partial charge < -0.3 is 24.4 Å². The van der Waals surface area contributed by atoms with Gasteiger partial charge in [-0.1, -0.05) is 12.1 Å². The van der Waals surface area contributed by atoms with E-state index in [1.807, 2.05) is 36.4 Å². The average molecular weight is 486 g/mol. The first-order valence-corrected chi connectivity index (χ1v) is 12.7. The third-order valence-corrected chi connectivity index (χ3v) is 7.43. The highest BCUT2D eigenvalue weighted by Crippen LogP contribution is 2.51. The van der Waals surface area contributed by atoms with Crippen LogP contribution in [0.2, 0.25) is 0 Å². The SMILES string of the molecule is CC(COc1ccc(C2Oc3cc(O)ccc3C3=C2c2ccc(O)cc2OCC3)cc1)N1CCCC1. The predicted octanol–water partition coefficient (Wildman–Crippen LogP) is 5.79. The van der Waals surface area contributed by atoms with Crippen molar-refractivity contribution >= 4 is 11.1 Å². The van der Waals surface area contributed by atoms with Gasteiger partial charge in [-0.15, -0.1) is 0 Å². The number of phenolic OH excluding ortho intramolecular Hbond substituents is 2. The molecule has 0 aromatic heterocycles. The monoisotopic (exact) mass is 485 g/mol.